The van der Waals surface area contributed by atoms with Gasteiger partial charge in [-0.05, 0) is 78.6 Å². The van der Waals surface area contributed by atoms with Gasteiger partial charge in [-0.2, -0.15) is 0 Å². The number of fused-ring (bicyclic) bond motifs is 1. The third kappa shape index (κ3) is 4.43. The van der Waals surface area contributed by atoms with Crippen molar-refractivity contribution in [1.82, 2.24) is 5.32 Å². The average molecular weight is 466 g/mol. The summed E-state index contributed by atoms with van der Waals surface area (Å²) in [6.07, 6.45) is 7.18. The van der Waals surface area contributed by atoms with E-state index in [1.807, 2.05) is 13.0 Å². The third-order valence-electron chi connectivity index (χ3n) is 6.36. The fraction of sp³-hybridized carbons (Fsp3) is 0.296. The van der Waals surface area contributed by atoms with Gasteiger partial charge in [0, 0.05) is 12.3 Å². The van der Waals surface area contributed by atoms with Gasteiger partial charge in [-0.1, -0.05) is 11.6 Å². The number of carbonyl (C=O) groups is 1. The summed E-state index contributed by atoms with van der Waals surface area (Å²) >= 11 is 0. The zero-order valence-corrected chi connectivity index (χ0v) is 19.6. The number of hydrogen-bond acceptors (Lipinski definition) is 5. The van der Waals surface area contributed by atoms with E-state index >= 15 is 0 Å². The lowest BCUT2D eigenvalue weighted by Gasteiger charge is -2.30. The Morgan fingerprint density at radius 2 is 1.94 bits per heavy atom. The topological polar surface area (TPSA) is 80.9 Å². The minimum Gasteiger partial charge on any atom is -0.498 e. The first-order chi connectivity index (χ1) is 16.2. The maximum Gasteiger partial charge on any atom is 0.221 e. The van der Waals surface area contributed by atoms with E-state index in [1.54, 1.807) is 43.5 Å². The molecule has 0 radical (unpaired) electrons. The Hall–Kier alpha value is -3.58. The molecular weight excluding hydrogens is 437 g/mol. The molecule has 0 saturated heterocycles. The Balaban J connectivity index is 1.67. The summed E-state index contributed by atoms with van der Waals surface area (Å²) in [5.41, 5.74) is 2.87. The van der Waals surface area contributed by atoms with Crippen LogP contribution in [0.1, 0.15) is 43.1 Å². The first-order valence-corrected chi connectivity index (χ1v) is 11.0. The van der Waals surface area contributed by atoms with Crippen molar-refractivity contribution in [3.63, 3.8) is 0 Å². The number of aliphatic hydroxyl groups is 1. The van der Waals surface area contributed by atoms with E-state index in [9.17, 15) is 14.3 Å². The van der Waals surface area contributed by atoms with Crippen molar-refractivity contribution in [2.24, 2.45) is 0 Å². The number of allylic oxidation sites excluding steroid dienone is 6. The molecule has 1 atom stereocenters. The molecule has 2 aliphatic rings. The highest BCUT2D eigenvalue weighted by molar-refractivity contribution is 5.88. The molecule has 0 spiro atoms. The lowest BCUT2D eigenvalue weighted by Crippen LogP contribution is -2.33. The van der Waals surface area contributed by atoms with Gasteiger partial charge >= 0.3 is 0 Å². The van der Waals surface area contributed by atoms with E-state index in [1.165, 1.54) is 26.4 Å². The van der Waals surface area contributed by atoms with Crippen LogP contribution in [-0.4, -0.2) is 30.8 Å². The van der Waals surface area contributed by atoms with E-state index in [0.717, 1.165) is 27.8 Å². The van der Waals surface area contributed by atoms with Crippen molar-refractivity contribution in [2.75, 3.05) is 14.2 Å². The van der Waals surface area contributed by atoms with Crippen molar-refractivity contribution in [3.05, 3.63) is 100 Å². The zero-order chi connectivity index (χ0) is 24.5. The molecule has 6 nitrogen and oxygen atoms in total. The molecule has 2 aromatic rings. The monoisotopic (exact) mass is 465 g/mol. The molecule has 1 amide bonds. The van der Waals surface area contributed by atoms with Crippen molar-refractivity contribution in [1.29, 1.82) is 0 Å². The number of rotatable bonds is 7. The number of amides is 1. The molecule has 1 heterocycles. The summed E-state index contributed by atoms with van der Waals surface area (Å²) in [6, 6.07) is 8.21. The first kappa shape index (κ1) is 23.6. The Labute approximate surface area is 198 Å². The van der Waals surface area contributed by atoms with Gasteiger partial charge in [0.05, 0.1) is 27.0 Å². The van der Waals surface area contributed by atoms with Crippen LogP contribution in [0.25, 0.3) is 5.57 Å². The molecule has 0 aliphatic heterocycles. The third-order valence-corrected chi connectivity index (χ3v) is 6.36. The second kappa shape index (κ2) is 9.35. The van der Waals surface area contributed by atoms with Gasteiger partial charge in [-0.25, -0.2) is 4.39 Å². The van der Waals surface area contributed by atoms with Crippen LogP contribution >= 0.6 is 0 Å². The summed E-state index contributed by atoms with van der Waals surface area (Å²) in [7, 11) is 2.98. The van der Waals surface area contributed by atoms with Gasteiger partial charge in [0.15, 0.2) is 5.60 Å². The number of methoxy groups -OCH3 is 2. The fourth-order valence-electron chi connectivity index (χ4n) is 4.52. The van der Waals surface area contributed by atoms with Gasteiger partial charge in [-0.3, -0.25) is 4.79 Å². The van der Waals surface area contributed by atoms with E-state index in [-0.39, 0.29) is 24.1 Å². The van der Waals surface area contributed by atoms with Crippen LogP contribution in [0.4, 0.5) is 4.39 Å². The zero-order valence-electron chi connectivity index (χ0n) is 19.6. The standard InChI is InChI=1S/C27H28FNO5/c1-16-21(10-17-11-24(32-3)27(2,31)25(12-17)33-4)20-8-7-18(28)13-23(20)22(16)14-26(30)29-15-19-6-5-9-34-19/h5-13,22,31H,14-15H2,1-4H3,(H,29,30). The van der Waals surface area contributed by atoms with E-state index in [2.05, 4.69) is 5.32 Å². The van der Waals surface area contributed by atoms with Gasteiger partial charge < -0.3 is 24.3 Å². The number of carbonyl (C=O) groups excluding carboxylic acids is 1. The van der Waals surface area contributed by atoms with Crippen LogP contribution < -0.4 is 5.32 Å². The lowest BCUT2D eigenvalue weighted by atomic mass is 9.91. The number of benzene rings is 1. The second-order valence-electron chi connectivity index (χ2n) is 8.58. The summed E-state index contributed by atoms with van der Waals surface area (Å²) < 4.78 is 30.2. The first-order valence-electron chi connectivity index (χ1n) is 11.0. The fourth-order valence-corrected chi connectivity index (χ4v) is 4.52. The number of furan rings is 1. The molecule has 1 aromatic heterocycles. The predicted molar refractivity (Wildman–Crippen MR) is 126 cm³/mol. The van der Waals surface area contributed by atoms with Gasteiger partial charge in [0.1, 0.15) is 23.1 Å². The highest BCUT2D eigenvalue weighted by Gasteiger charge is 2.37. The Morgan fingerprint density at radius 1 is 1.24 bits per heavy atom. The molecule has 0 fully saturated rings. The Kier molecular flexibility index (Phi) is 6.48. The highest BCUT2D eigenvalue weighted by atomic mass is 19.1. The summed E-state index contributed by atoms with van der Waals surface area (Å²) in [4.78, 5) is 12.7. The summed E-state index contributed by atoms with van der Waals surface area (Å²) in [5, 5.41) is 13.6. The van der Waals surface area contributed by atoms with Gasteiger partial charge in [-0.15, -0.1) is 0 Å². The van der Waals surface area contributed by atoms with Crippen LogP contribution in [0, 0.1) is 5.82 Å². The highest BCUT2D eigenvalue weighted by Crippen LogP contribution is 2.45. The summed E-state index contributed by atoms with van der Waals surface area (Å²) in [5.74, 6) is 0.598. The smallest absolute Gasteiger partial charge is 0.221 e. The molecule has 0 saturated carbocycles. The van der Waals surface area contributed by atoms with Crippen molar-refractivity contribution in [2.45, 2.75) is 38.3 Å². The number of nitrogens with one attached hydrogen (secondary N) is 1. The van der Waals surface area contributed by atoms with Crippen LogP contribution in [0.15, 0.2) is 81.9 Å². The lowest BCUT2D eigenvalue weighted by molar-refractivity contribution is -0.121. The molecule has 0 bridgehead atoms. The van der Waals surface area contributed by atoms with Crippen molar-refractivity contribution in [3.8, 4) is 0 Å². The van der Waals surface area contributed by atoms with Crippen molar-refractivity contribution < 1.29 is 28.2 Å². The van der Waals surface area contributed by atoms with E-state index in [0.29, 0.717) is 23.8 Å². The van der Waals surface area contributed by atoms with Crippen molar-refractivity contribution >= 4 is 11.5 Å². The minimum absolute atomic E-state index is 0.151. The molecule has 1 aromatic carbocycles. The largest absolute Gasteiger partial charge is 0.498 e. The molecule has 2 N–H and O–H groups in total. The predicted octanol–water partition coefficient (Wildman–Crippen LogP) is 4.75. The SMILES string of the molecule is COC1=CC(=CC2=C(C)C(CC(=O)NCc3ccco3)c3cc(F)ccc32)C=C(OC)C1(C)O. The minimum atomic E-state index is -1.38. The number of ether oxygens (including phenoxy) is 2. The molecule has 4 rings (SSSR count). The number of halogens is 1. The molecule has 178 valence electrons. The molecular formula is C27H28FNO5. The van der Waals surface area contributed by atoms with E-state index in [4.69, 9.17) is 13.9 Å². The summed E-state index contributed by atoms with van der Waals surface area (Å²) in [6.45, 7) is 3.85. The van der Waals surface area contributed by atoms with Gasteiger partial charge in [0.2, 0.25) is 5.91 Å². The molecule has 7 heteroatoms. The Bertz CT molecular complexity index is 1190. The van der Waals surface area contributed by atoms with Crippen LogP contribution in [0.5, 0.6) is 0 Å². The maximum absolute atomic E-state index is 14.2. The van der Waals surface area contributed by atoms with Crippen LogP contribution in [0.2, 0.25) is 0 Å². The van der Waals surface area contributed by atoms with Gasteiger partial charge in [0.25, 0.3) is 0 Å². The van der Waals surface area contributed by atoms with Crippen LogP contribution in [-0.2, 0) is 20.8 Å². The molecule has 34 heavy (non-hydrogen) atoms. The Morgan fingerprint density at radius 3 is 2.56 bits per heavy atom. The number of hydrogen-bond donors (Lipinski definition) is 2. The quantitative estimate of drug-likeness (QED) is 0.617. The maximum atomic E-state index is 14.2. The normalized spacial score (nSPS) is 21.6. The van der Waals surface area contributed by atoms with E-state index < -0.39 is 5.60 Å². The van der Waals surface area contributed by atoms with Crippen LogP contribution in [0.3, 0.4) is 0 Å². The molecule has 1 unspecified atom stereocenters. The average Bonchev–Trinajstić information content (AvgIpc) is 3.41. The second-order valence-corrected chi connectivity index (χ2v) is 8.58. The molecule has 2 aliphatic carbocycles.